The number of Topliss-reactive ketones (excluding diaryl/α,β-unsaturated/α-hetero) is 3. The number of ketones is 3. The van der Waals surface area contributed by atoms with Crippen LogP contribution in [-0.4, -0.2) is 55.1 Å². The van der Waals surface area contributed by atoms with Crippen molar-refractivity contribution in [1.29, 1.82) is 0 Å². The molecule has 1 aliphatic heterocycles. The molecule has 1 saturated carbocycles. The molecule has 0 amide bonds. The van der Waals surface area contributed by atoms with Gasteiger partial charge in [-0.1, -0.05) is 37.1 Å². The largest absolute Gasteiger partial charge is 0.504 e. The van der Waals surface area contributed by atoms with Gasteiger partial charge in [-0.05, 0) is 117 Å². The van der Waals surface area contributed by atoms with E-state index in [4.69, 9.17) is 4.74 Å². The van der Waals surface area contributed by atoms with E-state index in [9.17, 15) is 25.2 Å². The van der Waals surface area contributed by atoms with E-state index in [2.05, 4.69) is 6.08 Å². The van der Waals surface area contributed by atoms with Crippen molar-refractivity contribution < 1.29 is 39.5 Å². The molecule has 1 aromatic rings. The molecule has 0 aromatic heterocycles. The van der Waals surface area contributed by atoms with Crippen molar-refractivity contribution in [3.05, 3.63) is 58.4 Å². The molecular formula is C38H52O8. The Morgan fingerprint density at radius 2 is 1.57 bits per heavy atom. The van der Waals surface area contributed by atoms with Crippen molar-refractivity contribution in [3.8, 4) is 11.5 Å². The lowest BCUT2D eigenvalue weighted by Gasteiger charge is -2.64. The molecule has 46 heavy (non-hydrogen) atoms. The zero-order valence-electron chi connectivity index (χ0n) is 29.1. The van der Waals surface area contributed by atoms with Gasteiger partial charge in [-0.25, -0.2) is 0 Å². The molecule has 3 aliphatic rings. The summed E-state index contributed by atoms with van der Waals surface area (Å²) in [6.45, 7) is 18.5. The third-order valence-corrected chi connectivity index (χ3v) is 11.2. The highest BCUT2D eigenvalue weighted by Gasteiger charge is 2.74. The maximum atomic E-state index is 15.4. The van der Waals surface area contributed by atoms with Crippen LogP contribution >= 0.6 is 0 Å². The Morgan fingerprint density at radius 3 is 2.11 bits per heavy atom. The second-order valence-electron chi connectivity index (χ2n) is 16.0. The number of hydrogen-bond donors (Lipinski definition) is 4. The van der Waals surface area contributed by atoms with E-state index in [1.54, 1.807) is 0 Å². The Balaban J connectivity index is 2.08. The Morgan fingerprint density at radius 1 is 0.978 bits per heavy atom. The molecule has 1 aromatic carbocycles. The lowest BCUT2D eigenvalue weighted by atomic mass is 9.39. The molecule has 4 N–H and O–H groups in total. The minimum Gasteiger partial charge on any atom is -0.504 e. The van der Waals surface area contributed by atoms with Gasteiger partial charge in [-0.2, -0.15) is 0 Å². The number of fused-ring (bicyclic) bond motifs is 1. The number of benzene rings is 1. The van der Waals surface area contributed by atoms with E-state index < -0.39 is 62.5 Å². The van der Waals surface area contributed by atoms with Gasteiger partial charge in [-0.3, -0.25) is 14.4 Å². The van der Waals surface area contributed by atoms with E-state index in [0.29, 0.717) is 12.8 Å². The maximum Gasteiger partial charge on any atom is 0.200 e. The predicted molar refractivity (Wildman–Crippen MR) is 176 cm³/mol. The van der Waals surface area contributed by atoms with Crippen molar-refractivity contribution in [1.82, 2.24) is 0 Å². The highest BCUT2D eigenvalue weighted by Crippen LogP contribution is 2.69. The maximum absolute atomic E-state index is 15.4. The minimum atomic E-state index is -1.60. The van der Waals surface area contributed by atoms with Crippen LogP contribution in [0.4, 0.5) is 0 Å². The fraction of sp³-hybridized carbons (Fsp3) is 0.605. The molecule has 0 radical (unpaired) electrons. The molecule has 252 valence electrons. The summed E-state index contributed by atoms with van der Waals surface area (Å²) in [6, 6.07) is 3.67. The number of rotatable bonds is 9. The summed E-state index contributed by atoms with van der Waals surface area (Å²) in [7, 11) is 0. The highest BCUT2D eigenvalue weighted by atomic mass is 16.5. The number of phenols is 2. The number of hydrogen-bond acceptors (Lipinski definition) is 8. The molecule has 2 fully saturated rings. The summed E-state index contributed by atoms with van der Waals surface area (Å²) in [4.78, 5) is 45.1. The van der Waals surface area contributed by atoms with Crippen molar-refractivity contribution in [3.63, 3.8) is 0 Å². The summed E-state index contributed by atoms with van der Waals surface area (Å²) < 4.78 is 6.72. The van der Waals surface area contributed by atoms with E-state index in [0.717, 1.165) is 17.2 Å². The molecule has 4 rings (SSSR count). The molecule has 2 bridgehead atoms. The monoisotopic (exact) mass is 636 g/mol. The van der Waals surface area contributed by atoms with Crippen molar-refractivity contribution in [2.75, 3.05) is 0 Å². The van der Waals surface area contributed by atoms with Gasteiger partial charge < -0.3 is 25.2 Å². The molecule has 8 nitrogen and oxygen atoms in total. The number of aromatic hydroxyl groups is 2. The molecule has 2 aliphatic carbocycles. The van der Waals surface area contributed by atoms with E-state index in [1.165, 1.54) is 26.0 Å². The predicted octanol–water partition coefficient (Wildman–Crippen LogP) is 6.75. The number of ether oxygens (including phenoxy) is 1. The fourth-order valence-electron chi connectivity index (χ4n) is 7.90. The number of allylic oxidation sites excluding steroid dienone is 6. The van der Waals surface area contributed by atoms with Crippen LogP contribution in [0, 0.1) is 28.1 Å². The van der Waals surface area contributed by atoms with Crippen LogP contribution in [0.3, 0.4) is 0 Å². The molecule has 5 unspecified atom stereocenters. The van der Waals surface area contributed by atoms with Crippen molar-refractivity contribution >= 4 is 17.3 Å². The van der Waals surface area contributed by atoms with Crippen molar-refractivity contribution in [2.45, 2.75) is 119 Å². The zero-order chi connectivity index (χ0) is 34.8. The Hall–Kier alpha value is -3.23. The van der Waals surface area contributed by atoms with Gasteiger partial charge in [-0.15, -0.1) is 0 Å². The number of carbonyl (C=O) groups is 3. The fourth-order valence-corrected chi connectivity index (χ4v) is 7.90. The van der Waals surface area contributed by atoms with Crippen LogP contribution in [0.1, 0.15) is 112 Å². The van der Waals surface area contributed by atoms with Gasteiger partial charge in [0.15, 0.2) is 28.8 Å². The quantitative estimate of drug-likeness (QED) is 0.0767. The summed E-state index contributed by atoms with van der Waals surface area (Å²) in [5, 5.41) is 41.9. The van der Waals surface area contributed by atoms with Crippen LogP contribution in [-0.2, 0) is 14.3 Å². The third-order valence-electron chi connectivity index (χ3n) is 11.2. The first kappa shape index (κ1) is 35.6. The lowest BCUT2D eigenvalue weighted by molar-refractivity contribution is -0.192. The minimum absolute atomic E-state index is 0.00837. The summed E-state index contributed by atoms with van der Waals surface area (Å²) in [5.41, 5.74) is -4.38. The Labute approximate surface area is 273 Å². The standard InChI is InChI=1S/C38H52O8/c1-21(2)11-13-24-19-37-20-25(18-28(41)35(7,8)45)36(9,10)46-32(37)29(30(42)23-12-14-26(39)27(40)17-23)31(43)38(33(37)44,34(24,5)6)16-15-22(3)4/h11-12,14-15,17,24-25,28,39-41,45H,13,16,18-20H2,1-10H3. The average molecular weight is 637 g/mol. The van der Waals surface area contributed by atoms with E-state index in [-0.39, 0.29) is 47.9 Å². The summed E-state index contributed by atoms with van der Waals surface area (Å²) in [6.07, 6.45) is 4.36. The zero-order valence-corrected chi connectivity index (χ0v) is 29.1. The van der Waals surface area contributed by atoms with Crippen LogP contribution in [0.5, 0.6) is 11.5 Å². The van der Waals surface area contributed by atoms with Gasteiger partial charge in [0, 0.05) is 11.5 Å². The average Bonchev–Trinajstić information content (AvgIpc) is 2.92. The first-order chi connectivity index (χ1) is 21.0. The summed E-state index contributed by atoms with van der Waals surface area (Å²) in [5.74, 6) is -2.92. The first-order valence-corrected chi connectivity index (χ1v) is 16.3. The van der Waals surface area contributed by atoms with Gasteiger partial charge in [0.1, 0.15) is 22.3 Å². The second-order valence-corrected chi connectivity index (χ2v) is 16.0. The van der Waals surface area contributed by atoms with Crippen molar-refractivity contribution in [2.24, 2.45) is 28.1 Å². The smallest absolute Gasteiger partial charge is 0.200 e. The number of phenolic OH excluding ortho intramolecular Hbond substituents is 2. The molecular weight excluding hydrogens is 584 g/mol. The second kappa shape index (κ2) is 11.8. The Kier molecular flexibility index (Phi) is 9.12. The lowest BCUT2D eigenvalue weighted by Crippen LogP contribution is -2.69. The number of carbonyl (C=O) groups excluding carboxylic acids is 3. The normalized spacial score (nSPS) is 29.0. The highest BCUT2D eigenvalue weighted by molar-refractivity contribution is 6.35. The van der Waals surface area contributed by atoms with Crippen LogP contribution in [0.25, 0.3) is 0 Å². The molecule has 1 heterocycles. The Bertz CT molecular complexity index is 1530. The van der Waals surface area contributed by atoms with Crippen LogP contribution in [0.2, 0.25) is 0 Å². The number of aliphatic hydroxyl groups is 2. The molecule has 1 spiro atoms. The first-order valence-electron chi connectivity index (χ1n) is 16.3. The van der Waals surface area contributed by atoms with Gasteiger partial charge in [0.25, 0.3) is 0 Å². The summed E-state index contributed by atoms with van der Waals surface area (Å²) >= 11 is 0. The van der Waals surface area contributed by atoms with E-state index in [1.807, 2.05) is 61.5 Å². The molecule has 1 saturated heterocycles. The van der Waals surface area contributed by atoms with Gasteiger partial charge in [0.05, 0.1) is 17.1 Å². The molecule has 5 atom stereocenters. The van der Waals surface area contributed by atoms with Crippen LogP contribution in [0.15, 0.2) is 52.8 Å². The SMILES string of the molecule is CC(C)=CCC1CC23CC(CC(O)C(C)(C)O)C(C)(C)OC2=C(C(=O)c2ccc(O)c(O)c2)C(=O)C(CC=C(C)C)(C3=O)C1(C)C. The van der Waals surface area contributed by atoms with Gasteiger partial charge >= 0.3 is 0 Å². The number of aliphatic hydroxyl groups excluding tert-OH is 1. The molecule has 8 heteroatoms. The third kappa shape index (κ3) is 5.66. The van der Waals surface area contributed by atoms with Crippen LogP contribution < -0.4 is 0 Å². The van der Waals surface area contributed by atoms with E-state index >= 15 is 9.59 Å². The topological polar surface area (TPSA) is 141 Å². The van der Waals surface area contributed by atoms with Gasteiger partial charge in [0.2, 0.25) is 0 Å².